The number of hydrogen-bond acceptors (Lipinski definition) is 3. The summed E-state index contributed by atoms with van der Waals surface area (Å²) >= 11 is 0. The third kappa shape index (κ3) is 2.15. The van der Waals surface area contributed by atoms with Gasteiger partial charge in [0.1, 0.15) is 6.17 Å². The van der Waals surface area contributed by atoms with Crippen molar-refractivity contribution < 1.29 is 0 Å². The summed E-state index contributed by atoms with van der Waals surface area (Å²) < 4.78 is 0. The molecule has 3 rings (SSSR count). The lowest BCUT2D eigenvalue weighted by Crippen LogP contribution is -2.24. The third-order valence-electron chi connectivity index (χ3n) is 2.82. The molecule has 0 saturated heterocycles. The Labute approximate surface area is 106 Å². The van der Waals surface area contributed by atoms with Gasteiger partial charge in [-0.2, -0.15) is 0 Å². The summed E-state index contributed by atoms with van der Waals surface area (Å²) in [6.07, 6.45) is 1.66. The molecule has 1 N–H and O–H groups in total. The lowest BCUT2D eigenvalue weighted by Gasteiger charge is -2.17. The van der Waals surface area contributed by atoms with E-state index >= 15 is 0 Å². The van der Waals surface area contributed by atoms with E-state index in [1.165, 1.54) is 0 Å². The van der Waals surface area contributed by atoms with Crippen LogP contribution in [0.25, 0.3) is 0 Å². The standard InChI is InChI=1S/C15H13N3/c1-3-7-12(8-4-1)14-16-11-17-15(18-14)13-9-5-2-6-10-13/h1-11,14H,(H,16,17,18). The van der Waals surface area contributed by atoms with Crippen molar-refractivity contribution in [3.05, 3.63) is 71.8 Å². The Morgan fingerprint density at radius 1 is 0.833 bits per heavy atom. The number of amidine groups is 1. The molecular formula is C15H13N3. The van der Waals surface area contributed by atoms with E-state index in [4.69, 9.17) is 0 Å². The topological polar surface area (TPSA) is 36.8 Å². The molecule has 88 valence electrons. The maximum absolute atomic E-state index is 4.63. The van der Waals surface area contributed by atoms with Crippen LogP contribution in [0.2, 0.25) is 0 Å². The first-order valence-electron chi connectivity index (χ1n) is 5.90. The number of nitrogens with zero attached hydrogens (tertiary/aromatic N) is 2. The third-order valence-corrected chi connectivity index (χ3v) is 2.82. The molecule has 1 atom stereocenters. The first-order chi connectivity index (χ1) is 8.93. The Bertz CT molecular complexity index is 573. The molecule has 0 amide bonds. The van der Waals surface area contributed by atoms with Crippen LogP contribution in [0.1, 0.15) is 17.3 Å². The maximum atomic E-state index is 4.63. The largest absolute Gasteiger partial charge is 0.351 e. The van der Waals surface area contributed by atoms with Gasteiger partial charge in [0.05, 0.1) is 6.34 Å². The number of rotatable bonds is 2. The average molecular weight is 235 g/mol. The first-order valence-corrected chi connectivity index (χ1v) is 5.90. The van der Waals surface area contributed by atoms with E-state index in [1.54, 1.807) is 6.34 Å². The molecule has 1 aliphatic heterocycles. The van der Waals surface area contributed by atoms with Gasteiger partial charge in [0.2, 0.25) is 0 Å². The molecule has 3 heteroatoms. The average Bonchev–Trinajstić information content (AvgIpc) is 2.49. The monoisotopic (exact) mass is 235 g/mol. The van der Waals surface area contributed by atoms with Crippen LogP contribution < -0.4 is 5.32 Å². The molecule has 0 fully saturated rings. The Morgan fingerprint density at radius 2 is 1.50 bits per heavy atom. The Morgan fingerprint density at radius 3 is 2.22 bits per heavy atom. The second kappa shape index (κ2) is 4.84. The molecule has 1 heterocycles. The predicted molar refractivity (Wildman–Crippen MR) is 73.8 cm³/mol. The van der Waals surface area contributed by atoms with Gasteiger partial charge in [-0.3, -0.25) is 0 Å². The van der Waals surface area contributed by atoms with E-state index in [9.17, 15) is 0 Å². The molecular weight excluding hydrogens is 222 g/mol. The van der Waals surface area contributed by atoms with Crippen molar-refractivity contribution in [1.29, 1.82) is 0 Å². The van der Waals surface area contributed by atoms with Gasteiger partial charge in [-0.1, -0.05) is 60.7 Å². The van der Waals surface area contributed by atoms with Gasteiger partial charge < -0.3 is 5.32 Å². The SMILES string of the molecule is C1=NC(c2ccccc2)=NC(c2ccccc2)N1. The van der Waals surface area contributed by atoms with Gasteiger partial charge in [0.15, 0.2) is 5.84 Å². The zero-order valence-electron chi connectivity index (χ0n) is 9.82. The minimum Gasteiger partial charge on any atom is -0.351 e. The van der Waals surface area contributed by atoms with E-state index in [1.807, 2.05) is 48.5 Å². The molecule has 0 aliphatic carbocycles. The molecule has 0 spiro atoms. The van der Waals surface area contributed by atoms with Gasteiger partial charge in [-0.15, -0.1) is 0 Å². The van der Waals surface area contributed by atoms with Crippen molar-refractivity contribution in [2.24, 2.45) is 9.98 Å². The summed E-state index contributed by atoms with van der Waals surface area (Å²) in [5, 5.41) is 3.16. The smallest absolute Gasteiger partial charge is 0.158 e. The van der Waals surface area contributed by atoms with E-state index in [-0.39, 0.29) is 6.17 Å². The molecule has 3 nitrogen and oxygen atoms in total. The fraction of sp³-hybridized carbons (Fsp3) is 0.0667. The van der Waals surface area contributed by atoms with Gasteiger partial charge >= 0.3 is 0 Å². The highest BCUT2D eigenvalue weighted by Gasteiger charge is 2.13. The quantitative estimate of drug-likeness (QED) is 0.853. The van der Waals surface area contributed by atoms with Gasteiger partial charge in [0, 0.05) is 5.56 Å². The zero-order valence-corrected chi connectivity index (χ0v) is 9.82. The molecule has 1 unspecified atom stereocenters. The Hall–Kier alpha value is -2.42. The molecule has 18 heavy (non-hydrogen) atoms. The molecule has 0 radical (unpaired) electrons. The van der Waals surface area contributed by atoms with Crippen LogP contribution in [0.3, 0.4) is 0 Å². The second-order valence-corrected chi connectivity index (χ2v) is 4.06. The van der Waals surface area contributed by atoms with Crippen LogP contribution in [-0.4, -0.2) is 12.2 Å². The molecule has 1 aliphatic rings. The Kier molecular flexibility index (Phi) is 2.88. The summed E-state index contributed by atoms with van der Waals surface area (Å²) in [7, 11) is 0. The highest BCUT2D eigenvalue weighted by molar-refractivity contribution is 6.03. The summed E-state index contributed by atoms with van der Waals surface area (Å²) in [5.74, 6) is 0.767. The highest BCUT2D eigenvalue weighted by Crippen LogP contribution is 2.17. The maximum Gasteiger partial charge on any atom is 0.158 e. The zero-order chi connectivity index (χ0) is 12.2. The van der Waals surface area contributed by atoms with Crippen molar-refractivity contribution in [1.82, 2.24) is 5.32 Å². The van der Waals surface area contributed by atoms with Crippen LogP contribution in [0.15, 0.2) is 70.6 Å². The van der Waals surface area contributed by atoms with Crippen LogP contribution in [0.4, 0.5) is 0 Å². The fourth-order valence-electron chi connectivity index (χ4n) is 1.90. The van der Waals surface area contributed by atoms with Crippen LogP contribution in [-0.2, 0) is 0 Å². The van der Waals surface area contributed by atoms with Gasteiger partial charge in [-0.05, 0) is 5.56 Å². The van der Waals surface area contributed by atoms with Crippen molar-refractivity contribution in [3.8, 4) is 0 Å². The number of hydrogen-bond donors (Lipinski definition) is 1. The van der Waals surface area contributed by atoms with E-state index in [0.29, 0.717) is 0 Å². The number of aliphatic imine (C=N–C) groups is 2. The predicted octanol–water partition coefficient (Wildman–Crippen LogP) is 2.76. The number of nitrogens with one attached hydrogen (secondary N) is 1. The molecule has 0 saturated carbocycles. The molecule has 2 aromatic carbocycles. The summed E-state index contributed by atoms with van der Waals surface area (Å²) in [4.78, 5) is 8.92. The van der Waals surface area contributed by atoms with Crippen molar-refractivity contribution >= 4 is 12.2 Å². The van der Waals surface area contributed by atoms with Crippen LogP contribution in [0, 0.1) is 0 Å². The Balaban J connectivity index is 1.93. The van der Waals surface area contributed by atoms with Crippen molar-refractivity contribution in [2.75, 3.05) is 0 Å². The van der Waals surface area contributed by atoms with Crippen molar-refractivity contribution in [2.45, 2.75) is 6.17 Å². The summed E-state index contributed by atoms with van der Waals surface area (Å²) in [6.45, 7) is 0. The summed E-state index contributed by atoms with van der Waals surface area (Å²) in [5.41, 5.74) is 2.17. The minimum atomic E-state index is -0.0566. The van der Waals surface area contributed by atoms with Crippen molar-refractivity contribution in [3.63, 3.8) is 0 Å². The van der Waals surface area contributed by atoms with Gasteiger partial charge in [-0.25, -0.2) is 9.98 Å². The highest BCUT2D eigenvalue weighted by atomic mass is 15.2. The van der Waals surface area contributed by atoms with E-state index in [0.717, 1.165) is 17.0 Å². The molecule has 0 bridgehead atoms. The van der Waals surface area contributed by atoms with Gasteiger partial charge in [0.25, 0.3) is 0 Å². The van der Waals surface area contributed by atoms with Crippen LogP contribution >= 0.6 is 0 Å². The lowest BCUT2D eigenvalue weighted by atomic mass is 10.1. The van der Waals surface area contributed by atoms with E-state index < -0.39 is 0 Å². The van der Waals surface area contributed by atoms with E-state index in [2.05, 4.69) is 27.4 Å². The second-order valence-electron chi connectivity index (χ2n) is 4.06. The normalized spacial score (nSPS) is 18.0. The summed E-state index contributed by atoms with van der Waals surface area (Å²) in [6, 6.07) is 20.2. The molecule has 2 aromatic rings. The van der Waals surface area contributed by atoms with Crippen LogP contribution in [0.5, 0.6) is 0 Å². The number of benzene rings is 2. The fourth-order valence-corrected chi connectivity index (χ4v) is 1.90. The minimum absolute atomic E-state index is 0.0566. The molecule has 0 aromatic heterocycles. The first kappa shape index (κ1) is 10.7. The lowest BCUT2D eigenvalue weighted by molar-refractivity contribution is 0.684.